The third kappa shape index (κ3) is 5.02. The fourth-order valence-corrected chi connectivity index (χ4v) is 3.89. The lowest BCUT2D eigenvalue weighted by Gasteiger charge is -2.20. The number of hydrogen-bond acceptors (Lipinski definition) is 4. The highest BCUT2D eigenvalue weighted by molar-refractivity contribution is 5.83. The SMILES string of the molecule is Cc1nc(CNC(=O)CCC(=O)N2CCCCCC2)nc2c1CCCC2. The topological polar surface area (TPSA) is 75.2 Å². The predicted octanol–water partition coefficient (Wildman–Crippen LogP) is 2.46. The summed E-state index contributed by atoms with van der Waals surface area (Å²) in [6.45, 7) is 4.03. The smallest absolute Gasteiger partial charge is 0.223 e. The average molecular weight is 358 g/mol. The summed E-state index contributed by atoms with van der Waals surface area (Å²) in [6, 6.07) is 0. The zero-order valence-electron chi connectivity index (χ0n) is 15.9. The second-order valence-corrected chi connectivity index (χ2v) is 7.43. The second-order valence-electron chi connectivity index (χ2n) is 7.43. The summed E-state index contributed by atoms with van der Waals surface area (Å²) in [5.41, 5.74) is 3.47. The third-order valence-corrected chi connectivity index (χ3v) is 5.40. The van der Waals surface area contributed by atoms with Crippen molar-refractivity contribution in [3.63, 3.8) is 0 Å². The lowest BCUT2D eigenvalue weighted by Crippen LogP contribution is -2.33. The van der Waals surface area contributed by atoms with Gasteiger partial charge >= 0.3 is 0 Å². The minimum Gasteiger partial charge on any atom is -0.349 e. The number of likely N-dealkylation sites (tertiary alicyclic amines) is 1. The normalized spacial score (nSPS) is 17.3. The molecule has 2 amide bonds. The molecule has 6 heteroatoms. The van der Waals surface area contributed by atoms with Crippen molar-refractivity contribution in [3.8, 4) is 0 Å². The van der Waals surface area contributed by atoms with Crippen molar-refractivity contribution in [2.24, 2.45) is 0 Å². The number of hydrogen-bond donors (Lipinski definition) is 1. The third-order valence-electron chi connectivity index (χ3n) is 5.40. The second kappa shape index (κ2) is 9.10. The van der Waals surface area contributed by atoms with Gasteiger partial charge in [0, 0.05) is 37.3 Å². The first-order valence-electron chi connectivity index (χ1n) is 10.0. The molecule has 142 valence electrons. The van der Waals surface area contributed by atoms with Gasteiger partial charge < -0.3 is 10.2 Å². The van der Waals surface area contributed by atoms with Crippen LogP contribution < -0.4 is 5.32 Å². The fraction of sp³-hybridized carbons (Fsp3) is 0.700. The van der Waals surface area contributed by atoms with E-state index in [1.807, 2.05) is 11.8 Å². The molecule has 26 heavy (non-hydrogen) atoms. The first-order chi connectivity index (χ1) is 12.6. The van der Waals surface area contributed by atoms with Gasteiger partial charge in [0.05, 0.1) is 6.54 Å². The number of carbonyl (C=O) groups is 2. The van der Waals surface area contributed by atoms with Gasteiger partial charge in [0.15, 0.2) is 0 Å². The molecule has 1 saturated heterocycles. The summed E-state index contributed by atoms with van der Waals surface area (Å²) in [6.07, 6.45) is 9.52. The van der Waals surface area contributed by atoms with E-state index in [4.69, 9.17) is 0 Å². The monoisotopic (exact) mass is 358 g/mol. The summed E-state index contributed by atoms with van der Waals surface area (Å²) < 4.78 is 0. The number of carbonyl (C=O) groups excluding carboxylic acids is 2. The molecule has 1 fully saturated rings. The summed E-state index contributed by atoms with van der Waals surface area (Å²) in [4.78, 5) is 35.4. The molecule has 2 heterocycles. The number of nitrogens with zero attached hydrogens (tertiary/aromatic N) is 3. The van der Waals surface area contributed by atoms with Crippen LogP contribution in [-0.2, 0) is 29.0 Å². The van der Waals surface area contributed by atoms with E-state index in [0.29, 0.717) is 12.4 Å². The predicted molar refractivity (Wildman–Crippen MR) is 99.5 cm³/mol. The highest BCUT2D eigenvalue weighted by Crippen LogP contribution is 2.21. The van der Waals surface area contributed by atoms with E-state index in [9.17, 15) is 9.59 Å². The Balaban J connectivity index is 1.45. The number of fused-ring (bicyclic) bond motifs is 1. The molecule has 0 radical (unpaired) electrons. The first kappa shape index (κ1) is 18.8. The molecule has 1 N–H and O–H groups in total. The summed E-state index contributed by atoms with van der Waals surface area (Å²) in [5.74, 6) is 0.672. The van der Waals surface area contributed by atoms with Gasteiger partial charge in [0.2, 0.25) is 11.8 Å². The van der Waals surface area contributed by atoms with Crippen LogP contribution in [0.4, 0.5) is 0 Å². The van der Waals surface area contributed by atoms with E-state index in [2.05, 4.69) is 15.3 Å². The van der Waals surface area contributed by atoms with Crippen molar-refractivity contribution >= 4 is 11.8 Å². The number of amides is 2. The van der Waals surface area contributed by atoms with Crippen molar-refractivity contribution in [2.45, 2.75) is 77.7 Å². The quantitative estimate of drug-likeness (QED) is 0.877. The zero-order chi connectivity index (χ0) is 18.4. The molecule has 0 bridgehead atoms. The van der Waals surface area contributed by atoms with Crippen molar-refractivity contribution in [1.82, 2.24) is 20.2 Å². The Hall–Kier alpha value is -1.98. The molecular weight excluding hydrogens is 328 g/mol. The lowest BCUT2D eigenvalue weighted by atomic mass is 9.95. The summed E-state index contributed by atoms with van der Waals surface area (Å²) in [7, 11) is 0. The molecule has 0 spiro atoms. The molecule has 1 aromatic rings. The molecule has 1 aliphatic carbocycles. The maximum Gasteiger partial charge on any atom is 0.223 e. The van der Waals surface area contributed by atoms with E-state index in [1.54, 1.807) is 0 Å². The van der Waals surface area contributed by atoms with Crippen LogP contribution >= 0.6 is 0 Å². The van der Waals surface area contributed by atoms with Crippen LogP contribution in [0.2, 0.25) is 0 Å². The van der Waals surface area contributed by atoms with Gasteiger partial charge in [-0.15, -0.1) is 0 Å². The zero-order valence-corrected chi connectivity index (χ0v) is 15.9. The van der Waals surface area contributed by atoms with Crippen molar-refractivity contribution in [3.05, 3.63) is 22.8 Å². The molecule has 1 aliphatic heterocycles. The van der Waals surface area contributed by atoms with Gasteiger partial charge in [-0.1, -0.05) is 12.8 Å². The van der Waals surface area contributed by atoms with Crippen molar-refractivity contribution < 1.29 is 9.59 Å². The van der Waals surface area contributed by atoms with Gasteiger partial charge in [-0.25, -0.2) is 9.97 Å². The molecule has 0 saturated carbocycles. The molecular formula is C20H30N4O2. The van der Waals surface area contributed by atoms with E-state index in [-0.39, 0.29) is 24.7 Å². The largest absolute Gasteiger partial charge is 0.349 e. The van der Waals surface area contributed by atoms with Crippen LogP contribution in [-0.4, -0.2) is 39.8 Å². The highest BCUT2D eigenvalue weighted by Gasteiger charge is 2.18. The molecule has 6 nitrogen and oxygen atoms in total. The Morgan fingerprint density at radius 3 is 2.46 bits per heavy atom. The average Bonchev–Trinajstić information content (AvgIpc) is 2.94. The van der Waals surface area contributed by atoms with Crippen molar-refractivity contribution in [1.29, 1.82) is 0 Å². The number of rotatable bonds is 5. The minimum atomic E-state index is -0.104. The standard InChI is InChI=1S/C20H30N4O2/c1-15-16-8-4-5-9-17(16)23-18(22-15)14-21-19(25)10-11-20(26)24-12-6-2-3-7-13-24/h2-14H2,1H3,(H,21,25). The molecule has 0 atom stereocenters. The van der Waals surface area contributed by atoms with E-state index < -0.39 is 0 Å². The number of nitrogens with one attached hydrogen (secondary N) is 1. The van der Waals surface area contributed by atoms with Crippen LogP contribution in [0.15, 0.2) is 0 Å². The Bertz CT molecular complexity index is 651. The van der Waals surface area contributed by atoms with Crippen molar-refractivity contribution in [2.75, 3.05) is 13.1 Å². The van der Waals surface area contributed by atoms with Crippen LogP contribution in [0.1, 0.15) is 74.1 Å². The van der Waals surface area contributed by atoms with Gasteiger partial charge in [-0.2, -0.15) is 0 Å². The first-order valence-corrected chi connectivity index (χ1v) is 10.0. The van der Waals surface area contributed by atoms with E-state index >= 15 is 0 Å². The summed E-state index contributed by atoms with van der Waals surface area (Å²) in [5, 5.41) is 2.87. The van der Waals surface area contributed by atoms with Crippen LogP contribution in [0, 0.1) is 6.92 Å². The van der Waals surface area contributed by atoms with Gasteiger partial charge in [0.25, 0.3) is 0 Å². The maximum absolute atomic E-state index is 12.3. The number of aryl methyl sites for hydroxylation is 2. The molecule has 2 aliphatic rings. The van der Waals surface area contributed by atoms with Crippen LogP contribution in [0.25, 0.3) is 0 Å². The van der Waals surface area contributed by atoms with Gasteiger partial charge in [-0.3, -0.25) is 9.59 Å². The van der Waals surface area contributed by atoms with Gasteiger partial charge in [0.1, 0.15) is 5.82 Å². The van der Waals surface area contributed by atoms with Crippen LogP contribution in [0.3, 0.4) is 0 Å². The van der Waals surface area contributed by atoms with Crippen LogP contribution in [0.5, 0.6) is 0 Å². The van der Waals surface area contributed by atoms with E-state index in [1.165, 1.54) is 31.2 Å². The molecule has 0 aromatic carbocycles. The Labute approximate surface area is 155 Å². The van der Waals surface area contributed by atoms with E-state index in [0.717, 1.165) is 50.2 Å². The highest BCUT2D eigenvalue weighted by atomic mass is 16.2. The lowest BCUT2D eigenvalue weighted by molar-refractivity contribution is -0.133. The molecule has 1 aromatic heterocycles. The fourth-order valence-electron chi connectivity index (χ4n) is 3.89. The number of aromatic nitrogens is 2. The Morgan fingerprint density at radius 1 is 0.962 bits per heavy atom. The van der Waals surface area contributed by atoms with Gasteiger partial charge in [-0.05, 0) is 51.0 Å². The molecule has 3 rings (SSSR count). The Morgan fingerprint density at radius 2 is 1.69 bits per heavy atom. The minimum absolute atomic E-state index is 0.0999. The maximum atomic E-state index is 12.3. The molecule has 0 unspecified atom stereocenters. The Kier molecular flexibility index (Phi) is 6.58. The summed E-state index contributed by atoms with van der Waals surface area (Å²) >= 11 is 0.